The van der Waals surface area contributed by atoms with Gasteiger partial charge in [-0.05, 0) is 25.0 Å². The topological polar surface area (TPSA) is 131 Å². The van der Waals surface area contributed by atoms with Crippen LogP contribution in [0.2, 0.25) is 0 Å². The van der Waals surface area contributed by atoms with Gasteiger partial charge in [0.2, 0.25) is 10.0 Å². The highest BCUT2D eigenvalue weighted by atomic mass is 32.2. The van der Waals surface area contributed by atoms with Gasteiger partial charge < -0.3 is 10.6 Å². The van der Waals surface area contributed by atoms with E-state index in [4.69, 9.17) is 5.14 Å². The van der Waals surface area contributed by atoms with Crippen molar-refractivity contribution in [2.24, 2.45) is 5.14 Å². The van der Waals surface area contributed by atoms with Gasteiger partial charge in [-0.25, -0.2) is 32.3 Å². The van der Waals surface area contributed by atoms with E-state index in [0.717, 1.165) is 25.0 Å². The second kappa shape index (κ2) is 8.29. The summed E-state index contributed by atoms with van der Waals surface area (Å²) in [5.41, 5.74) is 2.45. The van der Waals surface area contributed by atoms with Crippen LogP contribution >= 0.6 is 0 Å². The summed E-state index contributed by atoms with van der Waals surface area (Å²) in [6, 6.07) is 9.07. The van der Waals surface area contributed by atoms with E-state index in [0.29, 0.717) is 22.5 Å². The number of aromatic nitrogens is 3. The molecule has 0 radical (unpaired) electrons. The third-order valence-electron chi connectivity index (χ3n) is 5.50. The van der Waals surface area contributed by atoms with E-state index in [2.05, 4.69) is 20.6 Å². The number of amides is 1. The van der Waals surface area contributed by atoms with Crippen LogP contribution in [0.15, 0.2) is 42.6 Å². The van der Waals surface area contributed by atoms with Crippen molar-refractivity contribution in [3.8, 4) is 11.3 Å². The fraction of sp³-hybridized carbons (Fsp3) is 0.227. The van der Waals surface area contributed by atoms with Gasteiger partial charge in [-0.2, -0.15) is 0 Å². The molecule has 0 spiro atoms. The molecule has 2 heterocycles. The predicted molar refractivity (Wildman–Crippen MR) is 123 cm³/mol. The van der Waals surface area contributed by atoms with Crippen molar-refractivity contribution in [3.05, 3.63) is 59.8 Å². The third-order valence-corrected chi connectivity index (χ3v) is 6.27. The Morgan fingerprint density at radius 2 is 1.85 bits per heavy atom. The van der Waals surface area contributed by atoms with Crippen molar-refractivity contribution in [3.63, 3.8) is 0 Å². The number of fused-ring (bicyclic) bond motifs is 3. The number of nitrogens with two attached hydrogens (primary N) is 1. The van der Waals surface area contributed by atoms with Gasteiger partial charge in [0.05, 0.1) is 28.7 Å². The first-order valence-electron chi connectivity index (χ1n) is 10.5. The van der Waals surface area contributed by atoms with Crippen molar-refractivity contribution in [2.45, 2.75) is 18.9 Å². The van der Waals surface area contributed by atoms with Crippen molar-refractivity contribution >= 4 is 38.4 Å². The largest absolute Gasteiger partial charge is 0.366 e. The van der Waals surface area contributed by atoms with Crippen LogP contribution in [0, 0.1) is 11.6 Å². The SMILES string of the molecule is NS(=O)(=O)CCNc1nc2cc(F)c(F)cc2n2c(-c3ccc(C(=O)NC4CC4)cc3)cnc12. The van der Waals surface area contributed by atoms with Gasteiger partial charge >= 0.3 is 0 Å². The molecule has 1 aliphatic carbocycles. The number of nitrogens with zero attached hydrogens (tertiary/aromatic N) is 3. The number of hydrogen-bond acceptors (Lipinski definition) is 6. The van der Waals surface area contributed by atoms with E-state index < -0.39 is 21.7 Å². The maximum absolute atomic E-state index is 14.1. The molecule has 0 atom stereocenters. The molecule has 176 valence electrons. The number of sulfonamides is 1. The van der Waals surface area contributed by atoms with E-state index in [1.807, 2.05) is 0 Å². The van der Waals surface area contributed by atoms with E-state index in [1.165, 1.54) is 0 Å². The van der Waals surface area contributed by atoms with Crippen LogP contribution in [0.1, 0.15) is 23.2 Å². The average Bonchev–Trinajstić information content (AvgIpc) is 3.48. The van der Waals surface area contributed by atoms with Crippen LogP contribution in [0.4, 0.5) is 14.6 Å². The Hall–Kier alpha value is -3.64. The highest BCUT2D eigenvalue weighted by molar-refractivity contribution is 7.89. The average molecular weight is 487 g/mol. The predicted octanol–water partition coefficient (Wildman–Crippen LogP) is 2.42. The van der Waals surface area contributed by atoms with Crippen molar-refractivity contribution in [2.75, 3.05) is 17.6 Å². The molecule has 2 aromatic heterocycles. The smallest absolute Gasteiger partial charge is 0.251 e. The van der Waals surface area contributed by atoms with Crippen LogP contribution in [-0.4, -0.2) is 47.0 Å². The van der Waals surface area contributed by atoms with Crippen molar-refractivity contribution < 1.29 is 22.0 Å². The monoisotopic (exact) mass is 486 g/mol. The van der Waals surface area contributed by atoms with E-state index in [9.17, 15) is 22.0 Å². The molecule has 0 unspecified atom stereocenters. The summed E-state index contributed by atoms with van der Waals surface area (Å²) in [4.78, 5) is 21.0. The van der Waals surface area contributed by atoms with Crippen LogP contribution in [-0.2, 0) is 10.0 Å². The second-order valence-corrected chi connectivity index (χ2v) is 9.87. The molecule has 1 amide bonds. The van der Waals surface area contributed by atoms with Crippen LogP contribution in [0.3, 0.4) is 0 Å². The second-order valence-electron chi connectivity index (χ2n) is 8.14. The zero-order valence-corrected chi connectivity index (χ0v) is 18.6. The summed E-state index contributed by atoms with van der Waals surface area (Å²) in [7, 11) is -3.71. The molecule has 2 aromatic carbocycles. The quantitative estimate of drug-likeness (QED) is 0.368. The standard InChI is InChI=1S/C22H20F2N6O3S/c23-15-9-17-18(10-16(15)24)30-19(11-27-21(30)20(29-17)26-7-8-34(25,32)33)12-1-3-13(4-2-12)22(31)28-14-5-6-14/h1-4,9-11,14H,5-8H2,(H,26,29)(H,28,31)(H2,25,32,33). The lowest BCUT2D eigenvalue weighted by Gasteiger charge is -2.12. The van der Waals surface area contributed by atoms with Gasteiger partial charge in [0.15, 0.2) is 23.1 Å². The van der Waals surface area contributed by atoms with E-state index in [1.54, 1.807) is 34.9 Å². The summed E-state index contributed by atoms with van der Waals surface area (Å²) in [5.74, 6) is -2.43. The molecular formula is C22H20F2N6O3S. The highest BCUT2D eigenvalue weighted by Crippen LogP contribution is 2.30. The van der Waals surface area contributed by atoms with Crippen LogP contribution in [0.5, 0.6) is 0 Å². The van der Waals surface area contributed by atoms with Gasteiger partial charge in [0.25, 0.3) is 5.91 Å². The Bertz CT molecular complexity index is 1530. The fourth-order valence-corrected chi connectivity index (χ4v) is 4.04. The number of imidazole rings is 1. The Balaban J connectivity index is 1.59. The molecule has 1 aliphatic rings. The lowest BCUT2D eigenvalue weighted by Crippen LogP contribution is -2.25. The Morgan fingerprint density at radius 3 is 2.53 bits per heavy atom. The van der Waals surface area contributed by atoms with Gasteiger partial charge in [0.1, 0.15) is 0 Å². The number of primary sulfonamides is 1. The minimum atomic E-state index is -3.71. The molecule has 4 aromatic rings. The maximum Gasteiger partial charge on any atom is 0.251 e. The normalized spacial score (nSPS) is 14.0. The Morgan fingerprint density at radius 1 is 1.15 bits per heavy atom. The van der Waals surface area contributed by atoms with Gasteiger partial charge in [-0.1, -0.05) is 12.1 Å². The molecule has 34 heavy (non-hydrogen) atoms. The lowest BCUT2D eigenvalue weighted by molar-refractivity contribution is 0.0951. The maximum atomic E-state index is 14.1. The zero-order valence-electron chi connectivity index (χ0n) is 17.8. The molecule has 0 aliphatic heterocycles. The van der Waals surface area contributed by atoms with Gasteiger partial charge in [-0.15, -0.1) is 0 Å². The number of benzene rings is 2. The molecule has 4 N–H and O–H groups in total. The molecule has 1 saturated carbocycles. The number of carbonyl (C=O) groups is 1. The minimum absolute atomic E-state index is 0.0519. The molecule has 12 heteroatoms. The van der Waals surface area contributed by atoms with Crippen LogP contribution < -0.4 is 15.8 Å². The first kappa shape index (κ1) is 22.2. The molecule has 9 nitrogen and oxygen atoms in total. The zero-order chi connectivity index (χ0) is 24.0. The Labute approximate surface area is 193 Å². The minimum Gasteiger partial charge on any atom is -0.366 e. The molecular weight excluding hydrogens is 466 g/mol. The molecule has 1 fully saturated rings. The lowest BCUT2D eigenvalue weighted by atomic mass is 10.1. The molecule has 0 bridgehead atoms. The summed E-state index contributed by atoms with van der Waals surface area (Å²) in [6.45, 7) is -0.0519. The fourth-order valence-electron chi connectivity index (χ4n) is 3.65. The summed E-state index contributed by atoms with van der Waals surface area (Å²) in [5, 5.41) is 10.8. The van der Waals surface area contributed by atoms with E-state index >= 15 is 0 Å². The molecule has 0 saturated heterocycles. The van der Waals surface area contributed by atoms with Crippen molar-refractivity contribution in [1.82, 2.24) is 19.7 Å². The van der Waals surface area contributed by atoms with E-state index in [-0.39, 0.29) is 41.1 Å². The number of rotatable bonds is 7. The van der Waals surface area contributed by atoms with Crippen molar-refractivity contribution in [1.29, 1.82) is 0 Å². The number of hydrogen-bond donors (Lipinski definition) is 3. The van der Waals surface area contributed by atoms with Gasteiger partial charge in [-0.3, -0.25) is 9.20 Å². The first-order chi connectivity index (χ1) is 16.2. The number of anilines is 1. The van der Waals surface area contributed by atoms with Gasteiger partial charge in [0, 0.05) is 35.8 Å². The first-order valence-corrected chi connectivity index (χ1v) is 12.2. The molecule has 5 rings (SSSR count). The number of nitrogens with one attached hydrogen (secondary N) is 2. The highest BCUT2D eigenvalue weighted by Gasteiger charge is 2.24. The van der Waals surface area contributed by atoms with Crippen LogP contribution in [0.25, 0.3) is 27.9 Å². The summed E-state index contributed by atoms with van der Waals surface area (Å²) < 4.78 is 52.3. The summed E-state index contributed by atoms with van der Waals surface area (Å²) in [6.07, 6.45) is 3.51. The third kappa shape index (κ3) is 4.41. The number of carbonyl (C=O) groups excluding carboxylic acids is 1. The summed E-state index contributed by atoms with van der Waals surface area (Å²) >= 11 is 0. The Kier molecular flexibility index (Phi) is 5.41. The number of halogens is 2.